The number of aliphatic hydroxyl groups is 3. The largest absolute Gasteiger partial charge is 0.393 e. The molecule has 0 saturated carbocycles. The molecular weight excluding hydrogens is 564 g/mol. The van der Waals surface area contributed by atoms with Gasteiger partial charge < -0.3 is 15.3 Å². The molecule has 0 saturated heterocycles. The molecule has 0 rings (SSSR count). The number of Topliss-reactive ketones (excluding diaryl/α,β-unsaturated/α-hetero) is 3. The van der Waals surface area contributed by atoms with Crippen molar-refractivity contribution in [2.75, 3.05) is 6.61 Å². The maximum Gasteiger partial charge on any atom is 0.219 e. The van der Waals surface area contributed by atoms with Crippen LogP contribution in [0.2, 0.25) is 0 Å². The lowest BCUT2D eigenvalue weighted by Gasteiger charge is -2.39. The smallest absolute Gasteiger partial charge is 0.219 e. The van der Waals surface area contributed by atoms with Gasteiger partial charge in [-0.25, -0.2) is 0 Å². The van der Waals surface area contributed by atoms with Gasteiger partial charge in [0.15, 0.2) is 23.0 Å². The predicted octanol–water partition coefficient (Wildman–Crippen LogP) is 9.91. The molecule has 0 aromatic rings. The van der Waals surface area contributed by atoms with Crippen LogP contribution < -0.4 is 0 Å². The highest BCUT2D eigenvalue weighted by Gasteiger charge is 2.62. The molecule has 0 aliphatic carbocycles. The molecule has 1 atom stereocenters. The molecule has 6 heteroatoms. The summed E-state index contributed by atoms with van der Waals surface area (Å²) in [5.74, 6) is -2.47. The average Bonchev–Trinajstić information content (AvgIpc) is 3.04. The van der Waals surface area contributed by atoms with E-state index in [0.29, 0.717) is 19.3 Å². The van der Waals surface area contributed by atoms with Gasteiger partial charge in [0.25, 0.3) is 0 Å². The van der Waals surface area contributed by atoms with Gasteiger partial charge in [-0.2, -0.15) is 0 Å². The maximum atomic E-state index is 13.5. The number of ketones is 3. The molecule has 0 fully saturated rings. The summed E-state index contributed by atoms with van der Waals surface area (Å²) in [6.45, 7) is 5.44. The van der Waals surface area contributed by atoms with E-state index in [9.17, 15) is 29.7 Å². The van der Waals surface area contributed by atoms with E-state index < -0.39 is 35.2 Å². The summed E-state index contributed by atoms with van der Waals surface area (Å²) in [5, 5.41) is 33.4. The van der Waals surface area contributed by atoms with Gasteiger partial charge in [-0.1, -0.05) is 175 Å². The second kappa shape index (κ2) is 29.1. The van der Waals surface area contributed by atoms with Gasteiger partial charge in [-0.15, -0.1) is 0 Å². The van der Waals surface area contributed by atoms with E-state index in [1.54, 1.807) is 0 Å². The van der Waals surface area contributed by atoms with E-state index in [1.165, 1.54) is 77.0 Å². The van der Waals surface area contributed by atoms with Crippen LogP contribution in [0.25, 0.3) is 0 Å². The molecule has 3 N–H and O–H groups in total. The van der Waals surface area contributed by atoms with Crippen molar-refractivity contribution < 1.29 is 29.7 Å². The van der Waals surface area contributed by atoms with Crippen molar-refractivity contribution in [2.24, 2.45) is 0 Å². The summed E-state index contributed by atoms with van der Waals surface area (Å²) in [4.78, 5) is 40.4. The van der Waals surface area contributed by atoms with Crippen LogP contribution in [0.4, 0.5) is 0 Å². The molecule has 266 valence electrons. The highest BCUT2D eigenvalue weighted by molar-refractivity contribution is 6.16. The quantitative estimate of drug-likeness (QED) is 0.0470. The minimum absolute atomic E-state index is 0.0776. The highest BCUT2D eigenvalue weighted by Crippen LogP contribution is 2.32. The van der Waals surface area contributed by atoms with Crippen molar-refractivity contribution in [1.29, 1.82) is 0 Å². The molecule has 0 amide bonds. The fourth-order valence-corrected chi connectivity index (χ4v) is 6.38. The molecule has 0 aliphatic rings. The number of hydrogen-bond donors (Lipinski definition) is 3. The molecular formula is C39H74O6. The Labute approximate surface area is 277 Å². The number of aliphatic hydroxyl groups excluding tert-OH is 1. The Morgan fingerprint density at radius 1 is 0.378 bits per heavy atom. The van der Waals surface area contributed by atoms with Crippen molar-refractivity contribution >= 4 is 17.3 Å². The van der Waals surface area contributed by atoms with E-state index in [4.69, 9.17) is 0 Å². The maximum absolute atomic E-state index is 13.5. The molecule has 0 radical (unpaired) electrons. The van der Waals surface area contributed by atoms with Crippen LogP contribution in [-0.4, -0.2) is 50.5 Å². The van der Waals surface area contributed by atoms with Crippen LogP contribution in [0, 0.1) is 0 Å². The minimum Gasteiger partial charge on any atom is -0.393 e. The second-order valence-corrected chi connectivity index (χ2v) is 13.7. The summed E-state index contributed by atoms with van der Waals surface area (Å²) in [6, 6.07) is 0. The van der Waals surface area contributed by atoms with Crippen molar-refractivity contribution in [3.8, 4) is 0 Å². The lowest BCUT2D eigenvalue weighted by molar-refractivity contribution is -0.194. The molecule has 0 spiro atoms. The van der Waals surface area contributed by atoms with Crippen LogP contribution >= 0.6 is 0 Å². The molecule has 0 aromatic carbocycles. The molecule has 0 bridgehead atoms. The number of carbonyl (C=O) groups excluding carboxylic acids is 3. The van der Waals surface area contributed by atoms with Crippen molar-refractivity contribution in [3.63, 3.8) is 0 Å². The van der Waals surface area contributed by atoms with Crippen LogP contribution in [-0.2, 0) is 14.4 Å². The Morgan fingerprint density at radius 2 is 0.600 bits per heavy atom. The fraction of sp³-hybridized carbons (Fsp3) is 0.923. The lowest BCUT2D eigenvalue weighted by atomic mass is 9.71. The SMILES string of the molecule is CCCCCCCCCCCC(=O)C(O)(CO)C(O)(C(=O)CCCCCCCCCCC)C(=O)CCCCCCCCCCC. The van der Waals surface area contributed by atoms with Gasteiger partial charge >= 0.3 is 0 Å². The van der Waals surface area contributed by atoms with Gasteiger partial charge in [0.05, 0.1) is 6.61 Å². The molecule has 0 aliphatic heterocycles. The van der Waals surface area contributed by atoms with Crippen molar-refractivity contribution in [1.82, 2.24) is 0 Å². The normalized spacial score (nSPS) is 13.2. The molecule has 0 heterocycles. The Bertz CT molecular complexity index is 701. The molecule has 6 nitrogen and oxygen atoms in total. The summed E-state index contributed by atoms with van der Waals surface area (Å²) in [6.07, 6.45) is 28.0. The second-order valence-electron chi connectivity index (χ2n) is 13.7. The van der Waals surface area contributed by atoms with E-state index in [1.807, 2.05) is 0 Å². The monoisotopic (exact) mass is 639 g/mol. The zero-order chi connectivity index (χ0) is 33.7. The average molecular weight is 639 g/mol. The first-order valence-electron chi connectivity index (χ1n) is 19.4. The summed E-state index contributed by atoms with van der Waals surface area (Å²) in [5.41, 5.74) is -5.71. The van der Waals surface area contributed by atoms with Gasteiger partial charge in [0, 0.05) is 19.3 Å². The minimum atomic E-state index is -2.90. The molecule has 0 aromatic heterocycles. The molecule has 45 heavy (non-hydrogen) atoms. The topological polar surface area (TPSA) is 112 Å². The van der Waals surface area contributed by atoms with Gasteiger partial charge in [0.2, 0.25) is 5.60 Å². The predicted molar refractivity (Wildman–Crippen MR) is 188 cm³/mol. The van der Waals surface area contributed by atoms with E-state index >= 15 is 0 Å². The van der Waals surface area contributed by atoms with Gasteiger partial charge in [-0.3, -0.25) is 14.4 Å². The zero-order valence-electron chi connectivity index (χ0n) is 30.0. The summed E-state index contributed by atoms with van der Waals surface area (Å²) in [7, 11) is 0. The molecule has 1 unspecified atom stereocenters. The number of unbranched alkanes of at least 4 members (excludes halogenated alkanes) is 24. The summed E-state index contributed by atoms with van der Waals surface area (Å²) >= 11 is 0. The Balaban J connectivity index is 5.15. The van der Waals surface area contributed by atoms with Crippen LogP contribution in [0.1, 0.15) is 213 Å². The van der Waals surface area contributed by atoms with E-state index in [2.05, 4.69) is 20.8 Å². The number of rotatable bonds is 35. The third kappa shape index (κ3) is 18.7. The Morgan fingerprint density at radius 3 is 0.844 bits per heavy atom. The van der Waals surface area contributed by atoms with Crippen molar-refractivity contribution in [2.45, 2.75) is 225 Å². The summed E-state index contributed by atoms with van der Waals surface area (Å²) < 4.78 is 0. The van der Waals surface area contributed by atoms with Crippen LogP contribution in [0.3, 0.4) is 0 Å². The Hall–Kier alpha value is -1.11. The van der Waals surface area contributed by atoms with Gasteiger partial charge in [0.1, 0.15) is 0 Å². The van der Waals surface area contributed by atoms with Crippen LogP contribution in [0.5, 0.6) is 0 Å². The van der Waals surface area contributed by atoms with Crippen LogP contribution in [0.15, 0.2) is 0 Å². The zero-order valence-corrected chi connectivity index (χ0v) is 30.0. The van der Waals surface area contributed by atoms with Crippen molar-refractivity contribution in [3.05, 3.63) is 0 Å². The number of hydrogen-bond acceptors (Lipinski definition) is 6. The standard InChI is InChI=1S/C39H74O6/c1-4-7-10-13-16-19-22-25-28-31-35(41)38(44,34-40)39(45,36(42)32-29-26-23-20-17-14-11-8-5-2)37(43)33-30-27-24-21-18-15-12-9-6-3/h40,44-45H,4-34H2,1-3H3. The highest BCUT2D eigenvalue weighted by atomic mass is 16.4. The van der Waals surface area contributed by atoms with E-state index in [0.717, 1.165) is 77.0 Å². The number of carbonyl (C=O) groups is 3. The third-order valence-corrected chi connectivity index (χ3v) is 9.62. The first-order chi connectivity index (χ1) is 21.8. The van der Waals surface area contributed by atoms with Gasteiger partial charge in [-0.05, 0) is 19.3 Å². The fourth-order valence-electron chi connectivity index (χ4n) is 6.38. The Kier molecular flexibility index (Phi) is 28.3. The first-order valence-corrected chi connectivity index (χ1v) is 19.4. The van der Waals surface area contributed by atoms with E-state index in [-0.39, 0.29) is 19.3 Å². The third-order valence-electron chi connectivity index (χ3n) is 9.62. The first kappa shape index (κ1) is 43.9. The lowest BCUT2D eigenvalue weighted by Crippen LogP contribution is -2.69.